The zero-order chi connectivity index (χ0) is 23.0. The Balaban J connectivity index is 1.52. The van der Waals surface area contributed by atoms with E-state index in [2.05, 4.69) is 20.3 Å². The fourth-order valence-corrected chi connectivity index (χ4v) is 3.43. The summed E-state index contributed by atoms with van der Waals surface area (Å²) in [6.45, 7) is 5.29. The summed E-state index contributed by atoms with van der Waals surface area (Å²) < 4.78 is 47.5. The zero-order valence-electron chi connectivity index (χ0n) is 17.8. The fraction of sp³-hybridized carbons (Fsp3) is 0.429. The molecule has 8 nitrogen and oxygen atoms in total. The minimum absolute atomic E-state index is 0.0804. The molecule has 170 valence electrons. The van der Waals surface area contributed by atoms with Crippen molar-refractivity contribution in [2.75, 3.05) is 18.4 Å². The number of amides is 1. The zero-order valence-corrected chi connectivity index (χ0v) is 17.8. The lowest BCUT2D eigenvalue weighted by molar-refractivity contribution is 0.0283. The number of halogens is 3. The van der Waals surface area contributed by atoms with E-state index in [1.807, 2.05) is 0 Å². The number of pyridine rings is 1. The number of fused-ring (bicyclic) bond motifs is 1. The lowest BCUT2D eigenvalue weighted by Crippen LogP contribution is -2.36. The monoisotopic (exact) mass is 448 g/mol. The Morgan fingerprint density at radius 3 is 2.72 bits per heavy atom. The van der Waals surface area contributed by atoms with Crippen molar-refractivity contribution >= 4 is 17.6 Å². The maximum atomic E-state index is 14.6. The lowest BCUT2D eigenvalue weighted by atomic mass is 10.2. The van der Waals surface area contributed by atoms with Crippen LogP contribution in [0.25, 0.3) is 17.0 Å². The Hall–Kier alpha value is -3.37. The quantitative estimate of drug-likeness (QED) is 0.647. The third kappa shape index (κ3) is 4.61. The Labute approximate surface area is 182 Å². The van der Waals surface area contributed by atoms with Crippen LogP contribution in [0.2, 0.25) is 0 Å². The van der Waals surface area contributed by atoms with Crippen LogP contribution >= 0.6 is 0 Å². The number of hydrogen-bond donors (Lipinski definition) is 1. The van der Waals surface area contributed by atoms with Gasteiger partial charge >= 0.3 is 6.09 Å². The first-order chi connectivity index (χ1) is 15.1. The van der Waals surface area contributed by atoms with Crippen LogP contribution in [0.5, 0.6) is 0 Å². The molecule has 2 atom stereocenters. The predicted octanol–water partition coefficient (Wildman–Crippen LogP) is 4.10. The molecule has 4 rings (SSSR count). The number of ether oxygens (including phenoxy) is 1. The van der Waals surface area contributed by atoms with Crippen molar-refractivity contribution < 1.29 is 22.7 Å². The second kappa shape index (κ2) is 8.29. The molecule has 0 bridgehead atoms. The Kier molecular flexibility index (Phi) is 5.66. The SMILES string of the molecule is CC(C)(C)OC(=O)N1C[C@H](Nc2cccc(-c3cnc4cnc(C(F)F)cn34)n2)[C@@H](F)C1. The summed E-state index contributed by atoms with van der Waals surface area (Å²) in [5.41, 5.74) is 0.312. The number of imidazole rings is 1. The number of carbonyl (C=O) groups is 1. The molecule has 32 heavy (non-hydrogen) atoms. The van der Waals surface area contributed by atoms with Gasteiger partial charge in [-0.25, -0.2) is 32.9 Å². The number of nitrogens with zero attached hydrogens (tertiary/aromatic N) is 5. The largest absolute Gasteiger partial charge is 0.444 e. The van der Waals surface area contributed by atoms with Crippen molar-refractivity contribution in [3.63, 3.8) is 0 Å². The average Bonchev–Trinajstić information content (AvgIpc) is 3.30. The van der Waals surface area contributed by atoms with E-state index in [0.29, 0.717) is 22.9 Å². The van der Waals surface area contributed by atoms with E-state index in [1.165, 1.54) is 27.9 Å². The van der Waals surface area contributed by atoms with Crippen molar-refractivity contribution in [3.05, 3.63) is 42.5 Å². The molecular formula is C21H23F3N6O2. The summed E-state index contributed by atoms with van der Waals surface area (Å²) in [5, 5.41) is 3.02. The van der Waals surface area contributed by atoms with Gasteiger partial charge in [0.2, 0.25) is 0 Å². The summed E-state index contributed by atoms with van der Waals surface area (Å²) in [4.78, 5) is 25.9. The molecule has 1 amide bonds. The van der Waals surface area contributed by atoms with E-state index in [1.54, 1.807) is 39.0 Å². The smallest absolute Gasteiger partial charge is 0.410 e. The van der Waals surface area contributed by atoms with Crippen molar-refractivity contribution in [2.45, 2.75) is 45.0 Å². The van der Waals surface area contributed by atoms with Gasteiger partial charge in [-0.1, -0.05) is 6.07 Å². The standard InChI is InChI=1S/C21H23F3N6O2/c1-21(2,3)32-20(31)29-9-12(22)14(10-29)28-17-6-4-5-13(27-17)16-7-26-18-8-25-15(19(23)24)11-30(16)18/h4-8,11-12,14,19H,9-10H2,1-3H3,(H,27,28)/t12-,14-/m0/s1. The van der Waals surface area contributed by atoms with Gasteiger partial charge in [-0.2, -0.15) is 0 Å². The summed E-state index contributed by atoms with van der Waals surface area (Å²) in [5.74, 6) is 0.388. The van der Waals surface area contributed by atoms with Gasteiger partial charge in [0.15, 0.2) is 5.65 Å². The van der Waals surface area contributed by atoms with Crippen LogP contribution in [0.1, 0.15) is 32.9 Å². The summed E-state index contributed by atoms with van der Waals surface area (Å²) in [7, 11) is 0. The van der Waals surface area contributed by atoms with Gasteiger partial charge < -0.3 is 15.0 Å². The first-order valence-corrected chi connectivity index (χ1v) is 10.1. The molecule has 1 aliphatic rings. The third-order valence-electron chi connectivity index (χ3n) is 4.88. The summed E-state index contributed by atoms with van der Waals surface area (Å²) >= 11 is 0. The van der Waals surface area contributed by atoms with Gasteiger partial charge in [0.25, 0.3) is 6.43 Å². The molecule has 1 aliphatic heterocycles. The molecule has 0 spiro atoms. The topological polar surface area (TPSA) is 84.6 Å². The van der Waals surface area contributed by atoms with Crippen LogP contribution in [-0.2, 0) is 4.74 Å². The van der Waals surface area contributed by atoms with E-state index in [9.17, 15) is 18.0 Å². The van der Waals surface area contributed by atoms with Crippen LogP contribution in [0.15, 0.2) is 36.8 Å². The number of rotatable bonds is 4. The second-order valence-electron chi connectivity index (χ2n) is 8.54. The van der Waals surface area contributed by atoms with Crippen LogP contribution in [0.4, 0.5) is 23.8 Å². The highest BCUT2D eigenvalue weighted by Gasteiger charge is 2.37. The maximum Gasteiger partial charge on any atom is 0.410 e. The molecule has 3 aromatic heterocycles. The minimum Gasteiger partial charge on any atom is -0.444 e. The third-order valence-corrected chi connectivity index (χ3v) is 4.88. The molecule has 1 fully saturated rings. The highest BCUT2D eigenvalue weighted by Crippen LogP contribution is 2.25. The molecule has 3 aromatic rings. The number of likely N-dealkylation sites (tertiary alicyclic amines) is 1. The molecule has 0 aromatic carbocycles. The van der Waals surface area contributed by atoms with Crippen LogP contribution in [0.3, 0.4) is 0 Å². The molecule has 0 saturated carbocycles. The predicted molar refractivity (Wildman–Crippen MR) is 111 cm³/mol. The van der Waals surface area contributed by atoms with Gasteiger partial charge in [0, 0.05) is 12.7 Å². The second-order valence-corrected chi connectivity index (χ2v) is 8.54. The molecule has 0 aliphatic carbocycles. The Bertz CT molecular complexity index is 1130. The van der Waals surface area contributed by atoms with E-state index < -0.39 is 30.3 Å². The highest BCUT2D eigenvalue weighted by molar-refractivity contribution is 5.69. The number of hydrogen-bond acceptors (Lipinski definition) is 6. The first-order valence-electron chi connectivity index (χ1n) is 10.1. The van der Waals surface area contributed by atoms with Crippen molar-refractivity contribution in [3.8, 4) is 11.4 Å². The van der Waals surface area contributed by atoms with E-state index in [0.717, 1.165) is 0 Å². The van der Waals surface area contributed by atoms with E-state index >= 15 is 0 Å². The number of carbonyl (C=O) groups excluding carboxylic acids is 1. The normalized spacial score (nSPS) is 19.0. The maximum absolute atomic E-state index is 14.6. The number of nitrogens with one attached hydrogen (secondary N) is 1. The van der Waals surface area contributed by atoms with Gasteiger partial charge in [-0.05, 0) is 32.9 Å². The lowest BCUT2D eigenvalue weighted by Gasteiger charge is -2.24. The molecular weight excluding hydrogens is 425 g/mol. The van der Waals surface area contributed by atoms with Gasteiger partial charge in [-0.15, -0.1) is 0 Å². The molecule has 0 unspecified atom stereocenters. The molecule has 11 heteroatoms. The molecule has 1 N–H and O–H groups in total. The molecule has 1 saturated heterocycles. The molecule has 0 radical (unpaired) electrons. The first kappa shape index (κ1) is 21.8. The Morgan fingerprint density at radius 2 is 2.00 bits per heavy atom. The minimum atomic E-state index is -2.72. The van der Waals surface area contributed by atoms with E-state index in [-0.39, 0.29) is 18.8 Å². The summed E-state index contributed by atoms with van der Waals surface area (Å²) in [6.07, 6.45) is -0.589. The van der Waals surface area contributed by atoms with Gasteiger partial charge in [0.1, 0.15) is 23.3 Å². The average molecular weight is 448 g/mol. The van der Waals surface area contributed by atoms with Crippen molar-refractivity contribution in [2.24, 2.45) is 0 Å². The number of anilines is 1. The van der Waals surface area contributed by atoms with Crippen LogP contribution < -0.4 is 5.32 Å². The van der Waals surface area contributed by atoms with Crippen molar-refractivity contribution in [1.29, 1.82) is 0 Å². The van der Waals surface area contributed by atoms with Crippen LogP contribution in [-0.4, -0.2) is 61.2 Å². The van der Waals surface area contributed by atoms with Crippen LogP contribution in [0, 0.1) is 0 Å². The number of aromatic nitrogens is 4. The Morgan fingerprint density at radius 1 is 1.22 bits per heavy atom. The van der Waals surface area contributed by atoms with Gasteiger partial charge in [0.05, 0.1) is 36.4 Å². The van der Waals surface area contributed by atoms with Crippen molar-refractivity contribution in [1.82, 2.24) is 24.3 Å². The van der Waals surface area contributed by atoms with Gasteiger partial charge in [-0.3, -0.25) is 4.40 Å². The molecule has 4 heterocycles. The van der Waals surface area contributed by atoms with E-state index in [4.69, 9.17) is 4.74 Å². The fourth-order valence-electron chi connectivity index (χ4n) is 3.43. The number of alkyl halides is 3. The highest BCUT2D eigenvalue weighted by atomic mass is 19.3. The summed E-state index contributed by atoms with van der Waals surface area (Å²) in [6, 6.07) is 4.42.